The molecule has 2 nitrogen and oxygen atoms in total. The summed E-state index contributed by atoms with van der Waals surface area (Å²) in [7, 11) is 0. The summed E-state index contributed by atoms with van der Waals surface area (Å²) in [4.78, 5) is 2.79. The Balaban J connectivity index is 1.99. The van der Waals surface area contributed by atoms with Crippen LogP contribution in [0.3, 0.4) is 0 Å². The third kappa shape index (κ3) is 4.01. The van der Waals surface area contributed by atoms with Gasteiger partial charge in [0.25, 0.3) is 0 Å². The molecular weight excluding hydrogens is 256 g/mol. The smallest absolute Gasteiger partial charge is 0.0331 e. The zero-order chi connectivity index (χ0) is 15.3. The third-order valence-corrected chi connectivity index (χ3v) is 6.84. The van der Waals surface area contributed by atoms with Crippen molar-refractivity contribution in [2.75, 3.05) is 19.6 Å². The van der Waals surface area contributed by atoms with Crippen LogP contribution in [0.5, 0.6) is 0 Å². The zero-order valence-corrected chi connectivity index (χ0v) is 14.8. The molecule has 0 unspecified atom stereocenters. The van der Waals surface area contributed by atoms with E-state index in [1.54, 1.807) is 0 Å². The normalized spacial score (nSPS) is 33.4. The maximum atomic E-state index is 6.30. The number of hydrogen-bond donors (Lipinski definition) is 1. The van der Waals surface area contributed by atoms with Gasteiger partial charge in [-0.25, -0.2) is 0 Å². The lowest BCUT2D eigenvalue weighted by atomic mass is 9.65. The van der Waals surface area contributed by atoms with Crippen LogP contribution in [0.15, 0.2) is 0 Å². The first-order valence-corrected chi connectivity index (χ1v) is 9.49. The predicted octanol–water partition coefficient (Wildman–Crippen LogP) is 4.58. The van der Waals surface area contributed by atoms with Crippen molar-refractivity contribution in [3.05, 3.63) is 0 Å². The number of hydrogen-bond acceptors (Lipinski definition) is 2. The lowest BCUT2D eigenvalue weighted by molar-refractivity contribution is 0.0120. The van der Waals surface area contributed by atoms with Crippen LogP contribution >= 0.6 is 0 Å². The average molecular weight is 295 g/mol. The minimum absolute atomic E-state index is 0.331. The molecule has 1 aliphatic carbocycles. The fourth-order valence-electron chi connectivity index (χ4n) is 4.60. The lowest BCUT2D eigenvalue weighted by Gasteiger charge is -2.50. The first-order valence-electron chi connectivity index (χ1n) is 9.49. The van der Waals surface area contributed by atoms with Crippen molar-refractivity contribution in [1.29, 1.82) is 0 Å². The molecule has 2 aliphatic rings. The summed E-state index contributed by atoms with van der Waals surface area (Å²) < 4.78 is 0. The van der Waals surface area contributed by atoms with E-state index in [9.17, 15) is 0 Å². The largest absolute Gasteiger partial charge is 0.329 e. The predicted molar refractivity (Wildman–Crippen MR) is 92.5 cm³/mol. The summed E-state index contributed by atoms with van der Waals surface area (Å²) in [5.74, 6) is 0.900. The Bertz CT molecular complexity index is 295. The maximum absolute atomic E-state index is 6.30. The molecule has 0 amide bonds. The van der Waals surface area contributed by atoms with Crippen LogP contribution in [-0.2, 0) is 0 Å². The molecule has 21 heavy (non-hydrogen) atoms. The average Bonchev–Trinajstić information content (AvgIpc) is 2.47. The van der Waals surface area contributed by atoms with Gasteiger partial charge in [0, 0.05) is 12.1 Å². The van der Waals surface area contributed by atoms with Crippen molar-refractivity contribution in [2.24, 2.45) is 17.1 Å². The van der Waals surface area contributed by atoms with Crippen molar-refractivity contribution in [3.8, 4) is 0 Å². The van der Waals surface area contributed by atoms with Gasteiger partial charge < -0.3 is 5.73 Å². The van der Waals surface area contributed by atoms with Crippen molar-refractivity contribution in [3.63, 3.8) is 0 Å². The zero-order valence-electron chi connectivity index (χ0n) is 14.8. The molecule has 0 radical (unpaired) electrons. The quantitative estimate of drug-likeness (QED) is 0.822. The van der Waals surface area contributed by atoms with Gasteiger partial charge >= 0.3 is 0 Å². The van der Waals surface area contributed by atoms with Crippen LogP contribution in [0, 0.1) is 11.3 Å². The van der Waals surface area contributed by atoms with Crippen LogP contribution in [0.1, 0.15) is 85.0 Å². The number of nitrogens with two attached hydrogens (primary N) is 1. The first-order chi connectivity index (χ1) is 10.0. The van der Waals surface area contributed by atoms with E-state index in [4.69, 9.17) is 5.73 Å². The van der Waals surface area contributed by atoms with Crippen LogP contribution in [0.25, 0.3) is 0 Å². The Hall–Kier alpha value is -0.0800. The summed E-state index contributed by atoms with van der Waals surface area (Å²) in [6.45, 7) is 10.7. The molecule has 1 saturated carbocycles. The Kier molecular flexibility index (Phi) is 6.14. The van der Waals surface area contributed by atoms with Crippen LogP contribution in [0.4, 0.5) is 0 Å². The second-order valence-corrected chi connectivity index (χ2v) is 8.30. The Labute approximate surface area is 132 Å². The maximum Gasteiger partial charge on any atom is 0.0331 e. The second-order valence-electron chi connectivity index (χ2n) is 8.30. The second kappa shape index (κ2) is 7.46. The Morgan fingerprint density at radius 3 is 2.00 bits per heavy atom. The highest BCUT2D eigenvalue weighted by Crippen LogP contribution is 2.45. The topological polar surface area (TPSA) is 29.3 Å². The van der Waals surface area contributed by atoms with Crippen molar-refractivity contribution >= 4 is 0 Å². The number of likely N-dealkylation sites (tertiary alicyclic amines) is 1. The summed E-state index contributed by atoms with van der Waals surface area (Å²) in [5.41, 5.74) is 7.15. The van der Waals surface area contributed by atoms with Crippen molar-refractivity contribution in [1.82, 2.24) is 4.90 Å². The molecule has 1 saturated heterocycles. The summed E-state index contributed by atoms with van der Waals surface area (Å²) in [6.07, 6.45) is 13.8. The molecule has 0 atom stereocenters. The summed E-state index contributed by atoms with van der Waals surface area (Å²) >= 11 is 0. The van der Waals surface area contributed by atoms with Gasteiger partial charge in [-0.3, -0.25) is 4.90 Å². The molecule has 2 fully saturated rings. The van der Waals surface area contributed by atoms with Gasteiger partial charge in [0.1, 0.15) is 0 Å². The fraction of sp³-hybridized carbons (Fsp3) is 1.00. The molecule has 1 aliphatic heterocycles. The molecule has 0 bridgehead atoms. The molecular formula is C19H38N2. The molecule has 0 spiro atoms. The van der Waals surface area contributed by atoms with Gasteiger partial charge in [-0.05, 0) is 62.9 Å². The van der Waals surface area contributed by atoms with E-state index < -0.39 is 0 Å². The number of rotatable bonds is 4. The molecule has 1 heterocycles. The van der Waals surface area contributed by atoms with Crippen LogP contribution < -0.4 is 5.73 Å². The van der Waals surface area contributed by atoms with Gasteiger partial charge in [0.2, 0.25) is 0 Å². The summed E-state index contributed by atoms with van der Waals surface area (Å²) in [6, 6.07) is 0. The van der Waals surface area contributed by atoms with Gasteiger partial charge in [-0.2, -0.15) is 0 Å². The molecule has 2 N–H and O–H groups in total. The van der Waals surface area contributed by atoms with E-state index in [1.807, 2.05) is 0 Å². The SMILES string of the molecule is CCC(C)(C)C1CCC(CN)(N2CCCCCCC2)CC1. The van der Waals surface area contributed by atoms with Gasteiger partial charge in [-0.1, -0.05) is 46.5 Å². The van der Waals surface area contributed by atoms with Gasteiger partial charge in [0.05, 0.1) is 0 Å². The first kappa shape index (κ1) is 17.3. The van der Waals surface area contributed by atoms with Gasteiger partial charge in [0.15, 0.2) is 0 Å². The Morgan fingerprint density at radius 2 is 1.52 bits per heavy atom. The van der Waals surface area contributed by atoms with E-state index in [1.165, 1.54) is 77.3 Å². The van der Waals surface area contributed by atoms with E-state index in [0.29, 0.717) is 11.0 Å². The molecule has 2 heteroatoms. The van der Waals surface area contributed by atoms with E-state index in [2.05, 4.69) is 25.7 Å². The van der Waals surface area contributed by atoms with E-state index in [-0.39, 0.29) is 0 Å². The standard InChI is InChI=1S/C19H38N2/c1-4-18(2,3)17-10-12-19(16-20,13-11-17)21-14-8-6-5-7-9-15-21/h17H,4-16,20H2,1-3H3. The minimum atomic E-state index is 0.331. The van der Waals surface area contributed by atoms with Crippen molar-refractivity contribution in [2.45, 2.75) is 90.5 Å². The molecule has 0 aromatic carbocycles. The van der Waals surface area contributed by atoms with E-state index >= 15 is 0 Å². The Morgan fingerprint density at radius 1 is 1.00 bits per heavy atom. The van der Waals surface area contributed by atoms with Crippen LogP contribution in [0.2, 0.25) is 0 Å². The van der Waals surface area contributed by atoms with Crippen molar-refractivity contribution < 1.29 is 0 Å². The third-order valence-electron chi connectivity index (χ3n) is 6.84. The molecule has 2 rings (SSSR count). The highest BCUT2D eigenvalue weighted by Gasteiger charge is 2.42. The molecule has 0 aromatic heterocycles. The van der Waals surface area contributed by atoms with Crippen LogP contribution in [-0.4, -0.2) is 30.1 Å². The lowest BCUT2D eigenvalue weighted by Crippen LogP contribution is -2.57. The highest BCUT2D eigenvalue weighted by molar-refractivity contribution is 4.98. The van der Waals surface area contributed by atoms with E-state index in [0.717, 1.165) is 12.5 Å². The molecule has 124 valence electrons. The summed E-state index contributed by atoms with van der Waals surface area (Å²) in [5, 5.41) is 0. The highest BCUT2D eigenvalue weighted by atomic mass is 15.2. The monoisotopic (exact) mass is 294 g/mol. The fourth-order valence-corrected chi connectivity index (χ4v) is 4.60. The minimum Gasteiger partial charge on any atom is -0.329 e. The molecule has 0 aromatic rings. The number of nitrogens with zero attached hydrogens (tertiary/aromatic N) is 1. The van der Waals surface area contributed by atoms with Gasteiger partial charge in [-0.15, -0.1) is 0 Å².